The maximum Gasteiger partial charge on any atom is 0.222 e. The number of nitrogens with one attached hydrogen (secondary N) is 1. The van der Waals surface area contributed by atoms with Gasteiger partial charge < -0.3 is 25.4 Å². The lowest BCUT2D eigenvalue weighted by molar-refractivity contribution is -0.135. The molecule has 0 saturated carbocycles. The summed E-state index contributed by atoms with van der Waals surface area (Å²) >= 11 is 0. The van der Waals surface area contributed by atoms with Gasteiger partial charge in [-0.3, -0.25) is 9.79 Å². The average molecular weight is 414 g/mol. The molecule has 1 aromatic heterocycles. The number of unbranched alkanes of at least 4 members (excludes halogenated alkanes) is 1. The Kier molecular flexibility index (Phi) is 8.41. The summed E-state index contributed by atoms with van der Waals surface area (Å²) in [6.45, 7) is 4.00. The van der Waals surface area contributed by atoms with Crippen LogP contribution in [-0.2, 0) is 14.3 Å². The second-order valence-corrected chi connectivity index (χ2v) is 7.21. The number of anilines is 2. The van der Waals surface area contributed by atoms with Crippen LogP contribution in [0.3, 0.4) is 0 Å². The van der Waals surface area contributed by atoms with E-state index in [1.807, 2.05) is 29.2 Å². The van der Waals surface area contributed by atoms with E-state index in [0.717, 1.165) is 36.0 Å². The van der Waals surface area contributed by atoms with Gasteiger partial charge in [-0.05, 0) is 18.9 Å². The standard InChI is InChI=1S/C22H31N5O3/c1-29-14-6-11-25-21-20(17-7-2-3-8-18(17)26-22(21)23)24-10-5-4-9-19(28)27-12-15-30-16-13-27/h2-3,7-8,11H,4-6,9-10,12-16H2,1H3,(H3,23,24,26). The van der Waals surface area contributed by atoms with E-state index in [1.54, 1.807) is 13.3 Å². The van der Waals surface area contributed by atoms with Gasteiger partial charge >= 0.3 is 0 Å². The largest absolute Gasteiger partial charge is 0.384 e. The van der Waals surface area contributed by atoms with Crippen molar-refractivity contribution in [2.45, 2.75) is 25.7 Å². The molecule has 0 spiro atoms. The fraction of sp³-hybridized carbons (Fsp3) is 0.500. The summed E-state index contributed by atoms with van der Waals surface area (Å²) in [7, 11) is 1.66. The molecule has 1 fully saturated rings. The molecule has 8 nitrogen and oxygen atoms in total. The number of methoxy groups -OCH3 is 1. The number of nitrogens with zero attached hydrogens (tertiary/aromatic N) is 3. The molecule has 1 aliphatic heterocycles. The van der Waals surface area contributed by atoms with Crippen LogP contribution < -0.4 is 11.1 Å². The second kappa shape index (κ2) is 11.5. The number of morpholine rings is 1. The Morgan fingerprint density at radius 3 is 2.93 bits per heavy atom. The van der Waals surface area contributed by atoms with Gasteiger partial charge in [0.15, 0.2) is 5.82 Å². The van der Waals surface area contributed by atoms with E-state index in [2.05, 4.69) is 15.3 Å². The third kappa shape index (κ3) is 5.90. The fourth-order valence-electron chi connectivity index (χ4n) is 3.44. The number of carbonyl (C=O) groups excluding carboxylic acids is 1. The highest BCUT2D eigenvalue weighted by Crippen LogP contribution is 2.36. The molecule has 1 aromatic carbocycles. The molecule has 1 amide bonds. The first-order valence-corrected chi connectivity index (χ1v) is 10.5. The van der Waals surface area contributed by atoms with Crippen LogP contribution in [0, 0.1) is 0 Å². The number of aliphatic imine (C=N–C) groups is 1. The third-order valence-corrected chi connectivity index (χ3v) is 5.05. The maximum atomic E-state index is 12.3. The van der Waals surface area contributed by atoms with Gasteiger partial charge in [-0.2, -0.15) is 0 Å². The molecule has 3 rings (SSSR count). The van der Waals surface area contributed by atoms with E-state index in [4.69, 9.17) is 15.2 Å². The number of hydrogen-bond acceptors (Lipinski definition) is 7. The molecule has 0 atom stereocenters. The highest BCUT2D eigenvalue weighted by molar-refractivity contribution is 6.01. The molecule has 0 bridgehead atoms. The molecule has 0 unspecified atom stereocenters. The lowest BCUT2D eigenvalue weighted by Crippen LogP contribution is -2.40. The quantitative estimate of drug-likeness (QED) is 0.459. The van der Waals surface area contributed by atoms with Gasteiger partial charge in [-0.25, -0.2) is 4.98 Å². The number of ether oxygens (including phenoxy) is 2. The van der Waals surface area contributed by atoms with E-state index >= 15 is 0 Å². The molecular weight excluding hydrogens is 382 g/mol. The van der Waals surface area contributed by atoms with E-state index in [-0.39, 0.29) is 5.91 Å². The smallest absolute Gasteiger partial charge is 0.222 e. The predicted octanol–water partition coefficient (Wildman–Crippen LogP) is 3.00. The van der Waals surface area contributed by atoms with Crippen LogP contribution >= 0.6 is 0 Å². The summed E-state index contributed by atoms with van der Waals surface area (Å²) < 4.78 is 10.4. The van der Waals surface area contributed by atoms with Gasteiger partial charge in [0.25, 0.3) is 0 Å². The monoisotopic (exact) mass is 413 g/mol. The van der Waals surface area contributed by atoms with Crippen LogP contribution in [0.5, 0.6) is 0 Å². The van der Waals surface area contributed by atoms with Gasteiger partial charge in [0.05, 0.1) is 31.0 Å². The minimum atomic E-state index is 0.209. The molecule has 162 valence electrons. The number of rotatable bonds is 10. The number of hydrogen-bond donors (Lipinski definition) is 2. The molecule has 1 aliphatic rings. The molecule has 3 N–H and O–H groups in total. The van der Waals surface area contributed by atoms with E-state index in [0.29, 0.717) is 57.3 Å². The van der Waals surface area contributed by atoms with Crippen molar-refractivity contribution >= 4 is 40.2 Å². The minimum Gasteiger partial charge on any atom is -0.384 e. The number of benzene rings is 1. The number of amides is 1. The van der Waals surface area contributed by atoms with Crippen molar-refractivity contribution in [1.29, 1.82) is 0 Å². The van der Waals surface area contributed by atoms with E-state index in [9.17, 15) is 4.79 Å². The summed E-state index contributed by atoms with van der Waals surface area (Å²) in [6.07, 6.45) is 4.76. The van der Waals surface area contributed by atoms with Crippen molar-refractivity contribution < 1.29 is 14.3 Å². The predicted molar refractivity (Wildman–Crippen MR) is 121 cm³/mol. The maximum absolute atomic E-state index is 12.3. The molecule has 2 heterocycles. The summed E-state index contributed by atoms with van der Waals surface area (Å²) in [6, 6.07) is 7.87. The molecule has 2 aromatic rings. The number of pyridine rings is 1. The highest BCUT2D eigenvalue weighted by atomic mass is 16.5. The normalized spacial score (nSPS) is 14.5. The van der Waals surface area contributed by atoms with Crippen LogP contribution in [0.2, 0.25) is 0 Å². The molecule has 8 heteroatoms. The fourth-order valence-corrected chi connectivity index (χ4v) is 3.44. The van der Waals surface area contributed by atoms with Gasteiger partial charge in [-0.1, -0.05) is 18.2 Å². The zero-order chi connectivity index (χ0) is 21.2. The zero-order valence-electron chi connectivity index (χ0n) is 17.6. The number of nitrogen functional groups attached to an aromatic ring is 1. The van der Waals surface area contributed by atoms with E-state index < -0.39 is 0 Å². The molecule has 0 aliphatic carbocycles. The summed E-state index contributed by atoms with van der Waals surface area (Å²) in [4.78, 5) is 23.2. The van der Waals surface area contributed by atoms with E-state index in [1.165, 1.54) is 0 Å². The van der Waals surface area contributed by atoms with Crippen molar-refractivity contribution in [1.82, 2.24) is 9.88 Å². The van der Waals surface area contributed by atoms with Gasteiger partial charge in [-0.15, -0.1) is 0 Å². The third-order valence-electron chi connectivity index (χ3n) is 5.05. The Balaban J connectivity index is 1.62. The van der Waals surface area contributed by atoms with Crippen LogP contribution in [0.25, 0.3) is 10.9 Å². The summed E-state index contributed by atoms with van der Waals surface area (Å²) in [5.41, 5.74) is 8.56. The van der Waals surface area contributed by atoms with Crippen molar-refractivity contribution in [3.05, 3.63) is 24.3 Å². The average Bonchev–Trinajstić information content (AvgIpc) is 2.78. The molecule has 30 heavy (non-hydrogen) atoms. The highest BCUT2D eigenvalue weighted by Gasteiger charge is 2.16. The number of fused-ring (bicyclic) bond motifs is 1. The van der Waals surface area contributed by atoms with Crippen LogP contribution in [0.4, 0.5) is 17.2 Å². The van der Waals surface area contributed by atoms with Crippen LogP contribution in [0.1, 0.15) is 25.7 Å². The summed E-state index contributed by atoms with van der Waals surface area (Å²) in [5.74, 6) is 0.604. The first-order chi connectivity index (χ1) is 14.7. The Morgan fingerprint density at radius 1 is 1.33 bits per heavy atom. The van der Waals surface area contributed by atoms with Gasteiger partial charge in [0.2, 0.25) is 5.91 Å². The molecular formula is C22H31N5O3. The number of nitrogens with two attached hydrogens (primary N) is 1. The number of carbonyl (C=O) groups is 1. The number of para-hydroxylation sites is 1. The van der Waals surface area contributed by atoms with Crippen molar-refractivity contribution in [2.75, 3.05) is 57.6 Å². The topological polar surface area (TPSA) is 102 Å². The van der Waals surface area contributed by atoms with Crippen LogP contribution in [0.15, 0.2) is 29.3 Å². The second-order valence-electron chi connectivity index (χ2n) is 7.21. The van der Waals surface area contributed by atoms with Crippen LogP contribution in [-0.4, -0.2) is 68.6 Å². The lowest BCUT2D eigenvalue weighted by Gasteiger charge is -2.26. The Labute approximate surface area is 177 Å². The first-order valence-electron chi connectivity index (χ1n) is 10.5. The molecule has 0 radical (unpaired) electrons. The van der Waals surface area contributed by atoms with Gasteiger partial charge in [0.1, 0.15) is 5.69 Å². The minimum absolute atomic E-state index is 0.209. The Hall–Kier alpha value is -2.71. The van der Waals surface area contributed by atoms with Crippen molar-refractivity contribution in [3.63, 3.8) is 0 Å². The first kappa shape index (κ1) is 22.0. The Bertz CT molecular complexity index is 865. The van der Waals surface area contributed by atoms with Gasteiger partial charge in [0, 0.05) is 51.2 Å². The zero-order valence-corrected chi connectivity index (χ0v) is 17.6. The Morgan fingerprint density at radius 2 is 2.13 bits per heavy atom. The lowest BCUT2D eigenvalue weighted by atomic mass is 10.1. The number of aromatic nitrogens is 1. The molecule has 1 saturated heterocycles. The van der Waals surface area contributed by atoms with Crippen molar-refractivity contribution in [2.24, 2.45) is 4.99 Å². The SMILES string of the molecule is COCCC=Nc1c(N)nc2ccccc2c1NCCCCC(=O)N1CCOCC1. The van der Waals surface area contributed by atoms with Crippen molar-refractivity contribution in [3.8, 4) is 0 Å². The summed E-state index contributed by atoms with van der Waals surface area (Å²) in [5, 5.41) is 4.46.